The van der Waals surface area contributed by atoms with E-state index in [2.05, 4.69) is 40.7 Å². The number of fused-ring (bicyclic) bond motifs is 2. The summed E-state index contributed by atoms with van der Waals surface area (Å²) >= 11 is 0. The Balaban J connectivity index is 1.59. The molecule has 1 aliphatic carbocycles. The molecule has 2 fully saturated rings. The highest BCUT2D eigenvalue weighted by molar-refractivity contribution is 5.10. The highest BCUT2D eigenvalue weighted by Crippen LogP contribution is 2.58. The van der Waals surface area contributed by atoms with Gasteiger partial charge in [0.05, 0.1) is 17.3 Å². The van der Waals surface area contributed by atoms with Crippen molar-refractivity contribution in [3.05, 3.63) is 11.6 Å². The Kier molecular flexibility index (Phi) is 4.23. The monoisotopic (exact) mass is 306 g/mol. The SMILES string of the molecule is CC1=C[C@H](O)[C@@H]([C@@H](C)CC[C@@H]2[C@@H](C)[C@@]3(C)CC[C@]2(C)O3)CC1. The van der Waals surface area contributed by atoms with E-state index in [1.54, 1.807) is 0 Å². The molecule has 3 rings (SSSR count). The average molecular weight is 306 g/mol. The Hall–Kier alpha value is -0.340. The van der Waals surface area contributed by atoms with Crippen molar-refractivity contribution < 1.29 is 9.84 Å². The van der Waals surface area contributed by atoms with Gasteiger partial charge in [0.2, 0.25) is 0 Å². The van der Waals surface area contributed by atoms with Crippen LogP contribution in [0.25, 0.3) is 0 Å². The van der Waals surface area contributed by atoms with E-state index in [1.807, 2.05) is 0 Å². The van der Waals surface area contributed by atoms with Gasteiger partial charge in [0, 0.05) is 0 Å². The lowest BCUT2D eigenvalue weighted by molar-refractivity contribution is -0.0434. The largest absolute Gasteiger partial charge is 0.389 e. The third-order valence-corrected chi connectivity index (χ3v) is 7.37. The van der Waals surface area contributed by atoms with Crippen LogP contribution in [0, 0.1) is 23.7 Å². The fraction of sp³-hybridized carbons (Fsp3) is 0.900. The molecule has 3 aliphatic rings. The molecule has 0 aromatic heterocycles. The van der Waals surface area contributed by atoms with Crippen molar-refractivity contribution in [3.8, 4) is 0 Å². The van der Waals surface area contributed by atoms with Crippen LogP contribution in [0.5, 0.6) is 0 Å². The van der Waals surface area contributed by atoms with Gasteiger partial charge >= 0.3 is 0 Å². The van der Waals surface area contributed by atoms with Crippen molar-refractivity contribution in [1.82, 2.24) is 0 Å². The molecule has 2 heterocycles. The summed E-state index contributed by atoms with van der Waals surface area (Å²) in [7, 11) is 0. The zero-order valence-electron chi connectivity index (χ0n) is 15.1. The van der Waals surface area contributed by atoms with Gasteiger partial charge in [-0.1, -0.05) is 25.5 Å². The average Bonchev–Trinajstić information content (AvgIpc) is 2.84. The Morgan fingerprint density at radius 2 is 2.00 bits per heavy atom. The highest BCUT2D eigenvalue weighted by atomic mass is 16.5. The summed E-state index contributed by atoms with van der Waals surface area (Å²) in [5.74, 6) is 2.40. The first-order valence-corrected chi connectivity index (χ1v) is 9.31. The predicted molar refractivity (Wildman–Crippen MR) is 90.7 cm³/mol. The lowest BCUT2D eigenvalue weighted by atomic mass is 9.66. The van der Waals surface area contributed by atoms with Crippen molar-refractivity contribution in [3.63, 3.8) is 0 Å². The first-order chi connectivity index (χ1) is 10.3. The predicted octanol–water partition coefficient (Wildman–Crippen LogP) is 4.71. The highest BCUT2D eigenvalue weighted by Gasteiger charge is 2.60. The van der Waals surface area contributed by atoms with Gasteiger partial charge in [-0.3, -0.25) is 0 Å². The summed E-state index contributed by atoms with van der Waals surface area (Å²) < 4.78 is 6.43. The minimum atomic E-state index is -0.231. The van der Waals surface area contributed by atoms with Crippen LogP contribution in [0.15, 0.2) is 11.6 Å². The van der Waals surface area contributed by atoms with Gasteiger partial charge in [-0.2, -0.15) is 0 Å². The van der Waals surface area contributed by atoms with Crippen molar-refractivity contribution in [2.24, 2.45) is 23.7 Å². The van der Waals surface area contributed by atoms with Gasteiger partial charge in [0.1, 0.15) is 0 Å². The molecule has 0 saturated carbocycles. The lowest BCUT2D eigenvalue weighted by Gasteiger charge is -2.36. The molecule has 0 radical (unpaired) electrons. The van der Waals surface area contributed by atoms with E-state index >= 15 is 0 Å². The number of ether oxygens (including phenoxy) is 1. The van der Waals surface area contributed by atoms with E-state index < -0.39 is 0 Å². The molecule has 126 valence electrons. The zero-order valence-corrected chi connectivity index (χ0v) is 15.1. The molecule has 0 spiro atoms. The number of aliphatic hydroxyl groups excluding tert-OH is 1. The standard InChI is InChI=1S/C20H34O2/c1-13-6-8-16(18(21)12-13)14(2)7-9-17-15(3)19(4)10-11-20(17,5)22-19/h12,14-18,21H,6-11H2,1-5H3/t14-,15+,16+,17+,18-,19+,20-/m0/s1. The van der Waals surface area contributed by atoms with Crippen molar-refractivity contribution >= 4 is 0 Å². The summed E-state index contributed by atoms with van der Waals surface area (Å²) in [5.41, 5.74) is 1.58. The van der Waals surface area contributed by atoms with Gasteiger partial charge in [0.15, 0.2) is 0 Å². The maximum Gasteiger partial charge on any atom is 0.0754 e. The Morgan fingerprint density at radius 3 is 2.59 bits per heavy atom. The first kappa shape index (κ1) is 16.5. The summed E-state index contributed by atoms with van der Waals surface area (Å²) in [5, 5.41) is 10.3. The van der Waals surface area contributed by atoms with E-state index in [0.29, 0.717) is 23.7 Å². The van der Waals surface area contributed by atoms with Crippen LogP contribution in [0.2, 0.25) is 0 Å². The Bertz CT molecular complexity index is 457. The molecule has 0 aromatic carbocycles. The Morgan fingerprint density at radius 1 is 1.32 bits per heavy atom. The van der Waals surface area contributed by atoms with Crippen molar-refractivity contribution in [2.75, 3.05) is 0 Å². The quantitative estimate of drug-likeness (QED) is 0.762. The van der Waals surface area contributed by atoms with Gasteiger partial charge in [-0.25, -0.2) is 0 Å². The van der Waals surface area contributed by atoms with E-state index in [9.17, 15) is 5.11 Å². The van der Waals surface area contributed by atoms with Crippen LogP contribution in [0.4, 0.5) is 0 Å². The topological polar surface area (TPSA) is 29.5 Å². The lowest BCUT2D eigenvalue weighted by Crippen LogP contribution is -2.37. The smallest absolute Gasteiger partial charge is 0.0754 e. The molecule has 0 aromatic rings. The molecule has 2 aliphatic heterocycles. The molecule has 0 amide bonds. The second-order valence-corrected chi connectivity index (χ2v) is 8.88. The van der Waals surface area contributed by atoms with Crippen molar-refractivity contribution in [1.29, 1.82) is 0 Å². The Labute approximate surface area is 136 Å². The number of allylic oxidation sites excluding steroid dienone is 1. The minimum absolute atomic E-state index is 0.107. The van der Waals surface area contributed by atoms with Crippen LogP contribution < -0.4 is 0 Å². The second kappa shape index (κ2) is 5.63. The van der Waals surface area contributed by atoms with Gasteiger partial charge in [-0.15, -0.1) is 0 Å². The minimum Gasteiger partial charge on any atom is -0.389 e. The van der Waals surface area contributed by atoms with Crippen LogP contribution in [0.3, 0.4) is 0 Å². The van der Waals surface area contributed by atoms with Gasteiger partial charge in [-0.05, 0) is 83.0 Å². The molecular formula is C20H34O2. The zero-order chi connectivity index (χ0) is 16.1. The second-order valence-electron chi connectivity index (χ2n) is 8.88. The number of hydrogen-bond donors (Lipinski definition) is 1. The molecule has 22 heavy (non-hydrogen) atoms. The third-order valence-electron chi connectivity index (χ3n) is 7.37. The maximum atomic E-state index is 10.3. The van der Waals surface area contributed by atoms with Gasteiger partial charge in [0.25, 0.3) is 0 Å². The molecule has 2 heteroatoms. The molecule has 2 bridgehead atoms. The fourth-order valence-electron chi connectivity index (χ4n) is 5.56. The number of aliphatic hydroxyl groups is 1. The van der Waals surface area contributed by atoms with Gasteiger partial charge < -0.3 is 9.84 Å². The molecule has 2 nitrogen and oxygen atoms in total. The molecular weight excluding hydrogens is 272 g/mol. The molecule has 2 saturated heterocycles. The maximum absolute atomic E-state index is 10.3. The fourth-order valence-corrected chi connectivity index (χ4v) is 5.56. The normalized spacial score (nSPS) is 49.3. The van der Waals surface area contributed by atoms with E-state index in [4.69, 9.17) is 4.74 Å². The van der Waals surface area contributed by atoms with E-state index in [0.717, 1.165) is 12.8 Å². The summed E-state index contributed by atoms with van der Waals surface area (Å²) in [4.78, 5) is 0. The summed E-state index contributed by atoms with van der Waals surface area (Å²) in [6.45, 7) is 11.5. The third kappa shape index (κ3) is 2.67. The summed E-state index contributed by atoms with van der Waals surface area (Å²) in [6.07, 6.45) is 9.07. The number of hydrogen-bond acceptors (Lipinski definition) is 2. The number of rotatable bonds is 4. The van der Waals surface area contributed by atoms with E-state index in [-0.39, 0.29) is 17.3 Å². The first-order valence-electron chi connectivity index (χ1n) is 9.31. The van der Waals surface area contributed by atoms with Crippen molar-refractivity contribution in [2.45, 2.75) is 90.4 Å². The molecule has 7 atom stereocenters. The van der Waals surface area contributed by atoms with Crippen LogP contribution >= 0.6 is 0 Å². The molecule has 1 N–H and O–H groups in total. The molecule has 0 unspecified atom stereocenters. The van der Waals surface area contributed by atoms with Crippen LogP contribution in [0.1, 0.15) is 73.1 Å². The summed E-state index contributed by atoms with van der Waals surface area (Å²) in [6, 6.07) is 0. The van der Waals surface area contributed by atoms with Crippen LogP contribution in [-0.4, -0.2) is 22.4 Å². The van der Waals surface area contributed by atoms with Crippen LogP contribution in [-0.2, 0) is 4.74 Å². The van der Waals surface area contributed by atoms with E-state index in [1.165, 1.54) is 31.3 Å².